The van der Waals surface area contributed by atoms with Gasteiger partial charge in [-0.2, -0.15) is 0 Å². The van der Waals surface area contributed by atoms with Crippen LogP contribution in [0, 0.1) is 0 Å². The quantitative estimate of drug-likeness (QED) is 0.795. The summed E-state index contributed by atoms with van der Waals surface area (Å²) in [4.78, 5) is 4.73. The van der Waals surface area contributed by atoms with Crippen molar-refractivity contribution in [3.63, 3.8) is 0 Å². The average molecular weight is 332 g/mol. The van der Waals surface area contributed by atoms with E-state index in [0.29, 0.717) is 11.2 Å². The Labute approximate surface area is 142 Å². The molecule has 0 saturated carbocycles. The van der Waals surface area contributed by atoms with Gasteiger partial charge in [-0.05, 0) is 44.1 Å². The number of nitrogens with one attached hydrogen (secondary N) is 2. The number of aryl methyl sites for hydroxylation is 1. The van der Waals surface area contributed by atoms with E-state index in [1.807, 2.05) is 6.07 Å². The van der Waals surface area contributed by atoms with E-state index in [4.69, 9.17) is 21.9 Å². The van der Waals surface area contributed by atoms with Gasteiger partial charge < -0.3 is 19.9 Å². The summed E-state index contributed by atoms with van der Waals surface area (Å²) in [7, 11) is 0. The van der Waals surface area contributed by atoms with Crippen LogP contribution in [0.15, 0.2) is 24.3 Å². The van der Waals surface area contributed by atoms with Gasteiger partial charge in [0.2, 0.25) is 0 Å². The van der Waals surface area contributed by atoms with Gasteiger partial charge in [-0.15, -0.1) is 0 Å². The van der Waals surface area contributed by atoms with Crippen molar-refractivity contribution in [1.29, 1.82) is 0 Å². The molecule has 1 unspecified atom stereocenters. The van der Waals surface area contributed by atoms with Crippen LogP contribution in [0.4, 0.5) is 0 Å². The minimum absolute atomic E-state index is 0.305. The zero-order valence-corrected chi connectivity index (χ0v) is 14.4. The van der Waals surface area contributed by atoms with Crippen LogP contribution in [0.2, 0.25) is 0 Å². The molecule has 1 fully saturated rings. The molecule has 1 aliphatic rings. The van der Waals surface area contributed by atoms with Crippen molar-refractivity contribution < 1.29 is 4.74 Å². The largest absolute Gasteiger partial charge is 0.376 e. The minimum atomic E-state index is 0.305. The molecule has 2 N–H and O–H groups in total. The van der Waals surface area contributed by atoms with Crippen LogP contribution in [-0.4, -0.2) is 40.5 Å². The molecule has 1 saturated heterocycles. The zero-order chi connectivity index (χ0) is 16.1. The van der Waals surface area contributed by atoms with E-state index >= 15 is 0 Å². The Morgan fingerprint density at radius 2 is 2.26 bits per heavy atom. The predicted molar refractivity (Wildman–Crippen MR) is 96.7 cm³/mol. The first kappa shape index (κ1) is 16.2. The number of ether oxygens (including phenoxy) is 1. The lowest BCUT2D eigenvalue weighted by molar-refractivity contribution is 0.114. The van der Waals surface area contributed by atoms with Crippen LogP contribution in [-0.2, 0) is 17.7 Å². The fourth-order valence-electron chi connectivity index (χ4n) is 3.03. The Morgan fingerprint density at radius 3 is 3.04 bits per heavy atom. The Bertz CT molecular complexity index is 664. The lowest BCUT2D eigenvalue weighted by Gasteiger charge is -2.14. The molecule has 0 radical (unpaired) electrons. The van der Waals surface area contributed by atoms with Crippen molar-refractivity contribution in [2.24, 2.45) is 0 Å². The van der Waals surface area contributed by atoms with Crippen LogP contribution in [0.3, 0.4) is 0 Å². The maximum absolute atomic E-state index is 5.58. The number of imidazole rings is 1. The molecular weight excluding hydrogens is 308 g/mol. The molecule has 124 valence electrons. The second-order valence-corrected chi connectivity index (χ2v) is 6.19. The molecular formula is C17H24N4OS. The van der Waals surface area contributed by atoms with Gasteiger partial charge in [0, 0.05) is 32.7 Å². The second-order valence-electron chi connectivity index (χ2n) is 5.78. The fraction of sp³-hybridized carbons (Fsp3) is 0.529. The highest BCUT2D eigenvalue weighted by Gasteiger charge is 2.15. The summed E-state index contributed by atoms with van der Waals surface area (Å²) < 4.78 is 7.84. The summed E-state index contributed by atoms with van der Waals surface area (Å²) in [6.45, 7) is 5.52. The molecule has 2 aromatic rings. The van der Waals surface area contributed by atoms with Crippen LogP contribution < -0.4 is 10.6 Å². The topological polar surface area (TPSA) is 51.1 Å². The molecule has 1 aliphatic heterocycles. The van der Waals surface area contributed by atoms with Crippen LogP contribution in [0.5, 0.6) is 0 Å². The monoisotopic (exact) mass is 332 g/mol. The fourth-order valence-corrected chi connectivity index (χ4v) is 3.22. The van der Waals surface area contributed by atoms with Gasteiger partial charge in [0.1, 0.15) is 5.82 Å². The van der Waals surface area contributed by atoms with E-state index < -0.39 is 0 Å². The molecule has 0 amide bonds. The van der Waals surface area contributed by atoms with Gasteiger partial charge in [-0.3, -0.25) is 0 Å². The van der Waals surface area contributed by atoms with Gasteiger partial charge in [0.15, 0.2) is 5.11 Å². The Hall–Kier alpha value is -1.66. The molecule has 5 nitrogen and oxygen atoms in total. The highest BCUT2D eigenvalue weighted by molar-refractivity contribution is 7.80. The third kappa shape index (κ3) is 4.00. The number of benzene rings is 1. The van der Waals surface area contributed by atoms with Gasteiger partial charge in [-0.25, -0.2) is 4.98 Å². The zero-order valence-electron chi connectivity index (χ0n) is 13.5. The normalized spacial score (nSPS) is 17.5. The van der Waals surface area contributed by atoms with Crippen molar-refractivity contribution >= 4 is 28.4 Å². The van der Waals surface area contributed by atoms with Crippen molar-refractivity contribution in [3.05, 3.63) is 30.1 Å². The van der Waals surface area contributed by atoms with E-state index in [0.717, 1.165) is 56.8 Å². The molecule has 0 spiro atoms. The second kappa shape index (κ2) is 7.75. The highest BCUT2D eigenvalue weighted by Crippen LogP contribution is 2.16. The molecule has 1 aromatic heterocycles. The van der Waals surface area contributed by atoms with E-state index in [2.05, 4.69) is 40.3 Å². The number of fused-ring (bicyclic) bond motifs is 1. The summed E-state index contributed by atoms with van der Waals surface area (Å²) in [5.41, 5.74) is 2.26. The maximum atomic E-state index is 5.58. The summed E-state index contributed by atoms with van der Waals surface area (Å²) >= 11 is 5.32. The van der Waals surface area contributed by atoms with E-state index in [1.165, 1.54) is 5.52 Å². The number of rotatable bonds is 6. The summed E-state index contributed by atoms with van der Waals surface area (Å²) in [5, 5.41) is 7.19. The van der Waals surface area contributed by atoms with Crippen LogP contribution in [0.25, 0.3) is 11.0 Å². The smallest absolute Gasteiger partial charge is 0.166 e. The van der Waals surface area contributed by atoms with E-state index in [9.17, 15) is 0 Å². The number of para-hydroxylation sites is 2. The van der Waals surface area contributed by atoms with Crippen molar-refractivity contribution in [3.8, 4) is 0 Å². The van der Waals surface area contributed by atoms with Crippen LogP contribution >= 0.6 is 12.2 Å². The third-order valence-electron chi connectivity index (χ3n) is 4.20. The molecule has 6 heteroatoms. The third-order valence-corrected chi connectivity index (χ3v) is 4.49. The first-order chi connectivity index (χ1) is 11.3. The number of hydrogen-bond donors (Lipinski definition) is 2. The van der Waals surface area contributed by atoms with Crippen LogP contribution in [0.1, 0.15) is 25.6 Å². The maximum Gasteiger partial charge on any atom is 0.166 e. The lowest BCUT2D eigenvalue weighted by atomic mass is 10.2. The Balaban J connectivity index is 1.49. The molecule has 3 rings (SSSR count). The van der Waals surface area contributed by atoms with Crippen molar-refractivity contribution in [1.82, 2.24) is 20.2 Å². The van der Waals surface area contributed by atoms with Gasteiger partial charge >= 0.3 is 0 Å². The molecule has 0 bridgehead atoms. The summed E-state index contributed by atoms with van der Waals surface area (Å²) in [6, 6.07) is 8.27. The van der Waals surface area contributed by atoms with E-state index in [1.54, 1.807) is 0 Å². The van der Waals surface area contributed by atoms with E-state index in [-0.39, 0.29) is 0 Å². The molecule has 1 aromatic carbocycles. The Kier molecular flexibility index (Phi) is 5.46. The lowest BCUT2D eigenvalue weighted by Crippen LogP contribution is -2.40. The number of thiocarbonyl (C=S) groups is 1. The first-order valence-electron chi connectivity index (χ1n) is 8.35. The van der Waals surface area contributed by atoms with Gasteiger partial charge in [-0.1, -0.05) is 12.1 Å². The average Bonchev–Trinajstić information content (AvgIpc) is 3.20. The number of hydrogen-bond acceptors (Lipinski definition) is 3. The summed E-state index contributed by atoms with van der Waals surface area (Å²) in [5.74, 6) is 1.10. The summed E-state index contributed by atoms with van der Waals surface area (Å²) in [6.07, 6.45) is 3.43. The van der Waals surface area contributed by atoms with Crippen molar-refractivity contribution in [2.75, 3.05) is 19.7 Å². The molecule has 0 aliphatic carbocycles. The number of aromatic nitrogens is 2. The molecule has 23 heavy (non-hydrogen) atoms. The first-order valence-corrected chi connectivity index (χ1v) is 8.76. The number of nitrogens with zero attached hydrogens (tertiary/aromatic N) is 2. The molecule has 2 heterocycles. The molecule has 1 atom stereocenters. The van der Waals surface area contributed by atoms with Gasteiger partial charge in [0.05, 0.1) is 17.1 Å². The predicted octanol–water partition coefficient (Wildman–Crippen LogP) is 2.24. The SMILES string of the molecule is CCn1c(CCNC(=S)NCC2CCCO2)nc2ccccc21. The highest BCUT2D eigenvalue weighted by atomic mass is 32.1. The minimum Gasteiger partial charge on any atom is -0.376 e. The van der Waals surface area contributed by atoms with Crippen molar-refractivity contribution in [2.45, 2.75) is 38.8 Å². The Morgan fingerprint density at radius 1 is 1.39 bits per heavy atom. The standard InChI is InChI=1S/C17H24N4OS/c1-2-21-15-8-4-3-7-14(15)20-16(21)9-10-18-17(23)19-12-13-6-5-11-22-13/h3-4,7-8,13H,2,5-6,9-12H2,1H3,(H2,18,19,23). The van der Waals surface area contributed by atoms with Gasteiger partial charge in [0.25, 0.3) is 0 Å².